The van der Waals surface area contributed by atoms with E-state index in [1.165, 1.54) is 0 Å². The lowest BCUT2D eigenvalue weighted by molar-refractivity contribution is -0.137. The van der Waals surface area contributed by atoms with Gasteiger partial charge in [-0.15, -0.1) is 0 Å². The Bertz CT molecular complexity index is 874. The molecule has 0 radical (unpaired) electrons. The van der Waals surface area contributed by atoms with Gasteiger partial charge < -0.3 is 15.1 Å². The van der Waals surface area contributed by atoms with Crippen LogP contribution in [-0.2, 0) is 12.6 Å². The summed E-state index contributed by atoms with van der Waals surface area (Å²) in [5.74, 6) is 0. The highest BCUT2D eigenvalue weighted by atomic mass is 32.2. The molecule has 0 amide bonds. The minimum atomic E-state index is -4.39. The van der Waals surface area contributed by atoms with Crippen molar-refractivity contribution in [2.45, 2.75) is 35.7 Å². The quantitative estimate of drug-likeness (QED) is 0.607. The average molecular weight is 408 g/mol. The molecule has 2 heterocycles. The molecule has 0 saturated carbocycles. The van der Waals surface area contributed by atoms with Gasteiger partial charge in [-0.05, 0) is 37.2 Å². The smallest absolute Gasteiger partial charge is 0.368 e. The molecule has 2 aliphatic heterocycles. The maximum absolute atomic E-state index is 14.3. The van der Waals surface area contributed by atoms with E-state index in [0.29, 0.717) is 42.9 Å². The van der Waals surface area contributed by atoms with Crippen molar-refractivity contribution in [3.63, 3.8) is 0 Å². The molecule has 28 heavy (non-hydrogen) atoms. The van der Waals surface area contributed by atoms with E-state index in [-0.39, 0.29) is 0 Å². The third kappa shape index (κ3) is 3.57. The number of halogens is 3. The van der Waals surface area contributed by atoms with Gasteiger partial charge in [-0.3, -0.25) is 0 Å². The lowest BCUT2D eigenvalue weighted by Gasteiger charge is -2.37. The van der Waals surface area contributed by atoms with Crippen LogP contribution in [0.5, 0.6) is 0 Å². The second kappa shape index (κ2) is 7.52. The molecule has 0 aromatic heterocycles. The lowest BCUT2D eigenvalue weighted by Crippen LogP contribution is -2.45. The predicted molar refractivity (Wildman–Crippen MR) is 109 cm³/mol. The summed E-state index contributed by atoms with van der Waals surface area (Å²) in [5, 5.41) is 3.30. The molecule has 0 unspecified atom stereocenters. The summed E-state index contributed by atoms with van der Waals surface area (Å²) < 4.78 is 42.8. The number of benzene rings is 2. The summed E-state index contributed by atoms with van der Waals surface area (Å²) >= 11 is 1.55. The highest BCUT2D eigenvalue weighted by molar-refractivity contribution is 7.99. The molecular weight excluding hydrogens is 383 g/mol. The van der Waals surface area contributed by atoms with Gasteiger partial charge in [-0.1, -0.05) is 37.2 Å². The molecule has 0 atom stereocenters. The van der Waals surface area contributed by atoms with Crippen LogP contribution in [0.2, 0.25) is 0 Å². The van der Waals surface area contributed by atoms with Crippen LogP contribution in [0.3, 0.4) is 0 Å². The second-order valence-corrected chi connectivity index (χ2v) is 8.47. The van der Waals surface area contributed by atoms with E-state index in [0.717, 1.165) is 28.6 Å². The van der Waals surface area contributed by atoms with Crippen molar-refractivity contribution in [3.8, 4) is 0 Å². The minimum Gasteiger partial charge on any atom is -0.368 e. The summed E-state index contributed by atoms with van der Waals surface area (Å²) in [4.78, 5) is 5.98. The standard InChI is InChI=1S/C21H24F3N3S/c1-3-6-14-19(21(22,23)24)16(27-11-9-26(2)10-12-27)13-18-20(14)25-15-7-4-5-8-17(15)28-18/h4-5,7-8,13,25H,3,6,9-12H2,1-2H3. The van der Waals surface area contributed by atoms with Crippen molar-refractivity contribution in [1.82, 2.24) is 4.90 Å². The molecule has 2 aliphatic rings. The zero-order valence-electron chi connectivity index (χ0n) is 16.1. The number of fused-ring (bicyclic) bond motifs is 2. The number of nitrogens with zero attached hydrogens (tertiary/aromatic N) is 2. The topological polar surface area (TPSA) is 18.5 Å². The molecule has 1 fully saturated rings. The van der Waals surface area contributed by atoms with Crippen LogP contribution in [0, 0.1) is 0 Å². The van der Waals surface area contributed by atoms with Crippen LogP contribution in [0.25, 0.3) is 0 Å². The molecule has 150 valence electrons. The summed E-state index contributed by atoms with van der Waals surface area (Å²) in [7, 11) is 2.01. The van der Waals surface area contributed by atoms with Crippen molar-refractivity contribution in [2.24, 2.45) is 0 Å². The molecule has 2 aromatic rings. The Labute approximate surface area is 167 Å². The van der Waals surface area contributed by atoms with Crippen LogP contribution < -0.4 is 10.2 Å². The largest absolute Gasteiger partial charge is 0.418 e. The van der Waals surface area contributed by atoms with Crippen LogP contribution in [0.4, 0.5) is 30.2 Å². The van der Waals surface area contributed by atoms with Crippen molar-refractivity contribution < 1.29 is 13.2 Å². The van der Waals surface area contributed by atoms with E-state index < -0.39 is 11.7 Å². The van der Waals surface area contributed by atoms with Crippen molar-refractivity contribution in [1.29, 1.82) is 0 Å². The first kappa shape index (κ1) is 19.5. The van der Waals surface area contributed by atoms with Gasteiger partial charge >= 0.3 is 6.18 Å². The highest BCUT2D eigenvalue weighted by Gasteiger charge is 2.40. The number of rotatable bonds is 3. The summed E-state index contributed by atoms with van der Waals surface area (Å²) in [6.45, 7) is 4.69. The Kier molecular flexibility index (Phi) is 5.22. The van der Waals surface area contributed by atoms with Gasteiger partial charge in [0.15, 0.2) is 0 Å². The Morgan fingerprint density at radius 2 is 1.79 bits per heavy atom. The van der Waals surface area contributed by atoms with Crippen LogP contribution in [0.15, 0.2) is 40.1 Å². The number of likely N-dealkylation sites (N-methyl/N-ethyl adjacent to an activating group) is 1. The summed E-state index contributed by atoms with van der Waals surface area (Å²) in [6.07, 6.45) is -3.33. The Morgan fingerprint density at radius 3 is 2.46 bits per heavy atom. The second-order valence-electron chi connectivity index (χ2n) is 7.38. The molecule has 7 heteroatoms. The van der Waals surface area contributed by atoms with Gasteiger partial charge in [0, 0.05) is 36.0 Å². The first-order chi connectivity index (χ1) is 13.4. The molecule has 1 N–H and O–H groups in total. The van der Waals surface area contributed by atoms with Gasteiger partial charge in [0.2, 0.25) is 0 Å². The number of alkyl halides is 3. The fraction of sp³-hybridized carbons (Fsp3) is 0.429. The fourth-order valence-corrected chi connectivity index (χ4v) is 5.00. The number of piperazine rings is 1. The molecule has 0 bridgehead atoms. The van der Waals surface area contributed by atoms with E-state index in [2.05, 4.69) is 10.2 Å². The molecular formula is C21H24F3N3S. The first-order valence-corrected chi connectivity index (χ1v) is 10.4. The Morgan fingerprint density at radius 1 is 1.07 bits per heavy atom. The number of hydrogen-bond donors (Lipinski definition) is 1. The normalized spacial score (nSPS) is 17.1. The first-order valence-electron chi connectivity index (χ1n) is 9.63. The summed E-state index contributed by atoms with van der Waals surface area (Å²) in [5.41, 5.74) is 1.75. The van der Waals surface area contributed by atoms with Gasteiger partial charge in [0.1, 0.15) is 0 Å². The van der Waals surface area contributed by atoms with Crippen LogP contribution in [0.1, 0.15) is 24.5 Å². The number of para-hydroxylation sites is 1. The van der Waals surface area contributed by atoms with Gasteiger partial charge in [0.25, 0.3) is 0 Å². The van der Waals surface area contributed by atoms with Gasteiger partial charge in [-0.25, -0.2) is 0 Å². The van der Waals surface area contributed by atoms with Crippen molar-refractivity contribution >= 4 is 28.8 Å². The Balaban J connectivity index is 1.88. The summed E-state index contributed by atoms with van der Waals surface area (Å²) in [6, 6.07) is 9.53. The SMILES string of the molecule is CCCc1c2c(cc(N3CCN(C)CC3)c1C(F)(F)F)Sc1ccccc1N2. The molecule has 0 spiro atoms. The molecule has 0 aliphatic carbocycles. The van der Waals surface area contributed by atoms with Gasteiger partial charge in [-0.2, -0.15) is 13.2 Å². The zero-order chi connectivity index (χ0) is 19.9. The number of anilines is 3. The van der Waals surface area contributed by atoms with Crippen molar-refractivity contribution in [3.05, 3.63) is 41.5 Å². The maximum Gasteiger partial charge on any atom is 0.418 e. The average Bonchev–Trinajstić information content (AvgIpc) is 2.66. The highest BCUT2D eigenvalue weighted by Crippen LogP contribution is 2.52. The zero-order valence-corrected chi connectivity index (χ0v) is 16.9. The van der Waals surface area contributed by atoms with Gasteiger partial charge in [0.05, 0.1) is 22.6 Å². The lowest BCUT2D eigenvalue weighted by atomic mass is 9.96. The van der Waals surface area contributed by atoms with Crippen molar-refractivity contribution in [2.75, 3.05) is 43.4 Å². The third-order valence-electron chi connectivity index (χ3n) is 5.37. The molecule has 1 saturated heterocycles. The van der Waals surface area contributed by atoms with E-state index in [1.807, 2.05) is 43.1 Å². The third-order valence-corrected chi connectivity index (χ3v) is 6.49. The van der Waals surface area contributed by atoms with E-state index in [4.69, 9.17) is 0 Å². The molecule has 4 rings (SSSR count). The monoisotopic (exact) mass is 407 g/mol. The fourth-order valence-electron chi connectivity index (χ4n) is 3.94. The van der Waals surface area contributed by atoms with Crippen LogP contribution >= 0.6 is 11.8 Å². The molecule has 2 aromatic carbocycles. The van der Waals surface area contributed by atoms with E-state index >= 15 is 0 Å². The van der Waals surface area contributed by atoms with E-state index in [9.17, 15) is 13.2 Å². The van der Waals surface area contributed by atoms with Crippen LogP contribution in [-0.4, -0.2) is 38.1 Å². The molecule has 3 nitrogen and oxygen atoms in total. The Hall–Kier alpha value is -1.86. The minimum absolute atomic E-state index is 0.330. The predicted octanol–water partition coefficient (Wildman–Crippen LogP) is 5.62. The van der Waals surface area contributed by atoms with E-state index in [1.54, 1.807) is 17.8 Å². The number of hydrogen-bond acceptors (Lipinski definition) is 4. The maximum atomic E-state index is 14.3. The number of nitrogens with one attached hydrogen (secondary N) is 1.